The van der Waals surface area contributed by atoms with Gasteiger partial charge >= 0.3 is 0 Å². The zero-order chi connectivity index (χ0) is 13.6. The molecule has 2 heterocycles. The van der Waals surface area contributed by atoms with Crippen LogP contribution in [0.2, 0.25) is 0 Å². The average molecular weight is 267 g/mol. The number of likely N-dealkylation sites (tertiary alicyclic amines) is 1. The first kappa shape index (κ1) is 13.1. The molecule has 2 aromatic rings. The van der Waals surface area contributed by atoms with Crippen molar-refractivity contribution in [3.63, 3.8) is 0 Å². The largest absolute Gasteiger partial charge is 0.381 e. The van der Waals surface area contributed by atoms with Crippen LogP contribution >= 0.6 is 0 Å². The fourth-order valence-corrected chi connectivity index (χ4v) is 2.71. The highest BCUT2D eigenvalue weighted by Crippen LogP contribution is 2.20. The molecule has 0 unspecified atom stereocenters. The number of para-hydroxylation sites is 1. The van der Waals surface area contributed by atoms with E-state index < -0.39 is 0 Å². The van der Waals surface area contributed by atoms with Crippen molar-refractivity contribution in [2.45, 2.75) is 25.9 Å². The Morgan fingerprint density at radius 2 is 1.75 bits per heavy atom. The molecule has 1 fully saturated rings. The summed E-state index contributed by atoms with van der Waals surface area (Å²) >= 11 is 0. The number of benzene rings is 1. The van der Waals surface area contributed by atoms with Crippen LogP contribution in [-0.2, 0) is 13.1 Å². The van der Waals surface area contributed by atoms with Crippen molar-refractivity contribution in [2.75, 3.05) is 18.4 Å². The molecule has 1 aliphatic rings. The van der Waals surface area contributed by atoms with Crippen LogP contribution in [0.5, 0.6) is 0 Å². The van der Waals surface area contributed by atoms with Gasteiger partial charge in [0.1, 0.15) is 0 Å². The zero-order valence-electron chi connectivity index (χ0n) is 11.8. The molecule has 0 spiro atoms. The molecule has 3 heteroatoms. The summed E-state index contributed by atoms with van der Waals surface area (Å²) in [5.41, 5.74) is 3.90. The summed E-state index contributed by atoms with van der Waals surface area (Å²) in [4.78, 5) is 6.59. The third-order valence-electron chi connectivity index (χ3n) is 3.84. The van der Waals surface area contributed by atoms with E-state index in [9.17, 15) is 0 Å². The third-order valence-corrected chi connectivity index (χ3v) is 3.84. The second-order valence-corrected chi connectivity index (χ2v) is 5.35. The Hall–Kier alpha value is -1.87. The lowest BCUT2D eigenvalue weighted by molar-refractivity contribution is 0.332. The van der Waals surface area contributed by atoms with Crippen LogP contribution in [0.25, 0.3) is 0 Å². The number of pyridine rings is 1. The predicted octanol–water partition coefficient (Wildman–Crippen LogP) is 3.29. The van der Waals surface area contributed by atoms with E-state index in [0.29, 0.717) is 0 Å². The van der Waals surface area contributed by atoms with Crippen LogP contribution in [0.3, 0.4) is 0 Å². The first-order valence-electron chi connectivity index (χ1n) is 7.35. The van der Waals surface area contributed by atoms with Crippen LogP contribution in [0.15, 0.2) is 48.8 Å². The van der Waals surface area contributed by atoms with E-state index in [2.05, 4.69) is 51.6 Å². The molecule has 1 aromatic carbocycles. The number of rotatable bonds is 5. The van der Waals surface area contributed by atoms with Crippen molar-refractivity contribution < 1.29 is 0 Å². The normalized spacial score (nSPS) is 15.4. The molecular formula is C17H21N3. The second-order valence-electron chi connectivity index (χ2n) is 5.35. The molecule has 0 radical (unpaired) electrons. The maximum Gasteiger partial charge on any atom is 0.0402 e. The molecule has 1 aromatic heterocycles. The summed E-state index contributed by atoms with van der Waals surface area (Å²) in [5, 5.41) is 3.55. The van der Waals surface area contributed by atoms with Crippen molar-refractivity contribution in [3.05, 3.63) is 59.9 Å². The van der Waals surface area contributed by atoms with Gasteiger partial charge in [-0.25, -0.2) is 0 Å². The Morgan fingerprint density at radius 1 is 1.00 bits per heavy atom. The topological polar surface area (TPSA) is 28.2 Å². The van der Waals surface area contributed by atoms with Gasteiger partial charge in [-0.1, -0.05) is 18.2 Å². The number of nitrogens with one attached hydrogen (secondary N) is 1. The lowest BCUT2D eigenvalue weighted by Gasteiger charge is -2.18. The molecule has 0 amide bonds. The molecule has 3 nitrogen and oxygen atoms in total. The quantitative estimate of drug-likeness (QED) is 0.901. The van der Waals surface area contributed by atoms with Gasteiger partial charge in [-0.2, -0.15) is 0 Å². The molecule has 3 rings (SSSR count). The minimum absolute atomic E-state index is 0.847. The van der Waals surface area contributed by atoms with Gasteiger partial charge in [-0.15, -0.1) is 0 Å². The van der Waals surface area contributed by atoms with Gasteiger partial charge in [0.15, 0.2) is 0 Å². The van der Waals surface area contributed by atoms with E-state index in [4.69, 9.17) is 0 Å². The van der Waals surface area contributed by atoms with E-state index in [1.54, 1.807) is 0 Å². The van der Waals surface area contributed by atoms with E-state index >= 15 is 0 Å². The fraction of sp³-hybridized carbons (Fsp3) is 0.353. The van der Waals surface area contributed by atoms with Crippen LogP contribution in [0.1, 0.15) is 24.0 Å². The molecule has 0 saturated carbocycles. The zero-order valence-corrected chi connectivity index (χ0v) is 11.8. The maximum absolute atomic E-state index is 4.05. The Bertz CT molecular complexity index is 533. The van der Waals surface area contributed by atoms with Crippen LogP contribution in [0.4, 0.5) is 5.69 Å². The van der Waals surface area contributed by atoms with E-state index in [-0.39, 0.29) is 0 Å². The molecule has 104 valence electrons. The van der Waals surface area contributed by atoms with Gasteiger partial charge in [-0.3, -0.25) is 9.88 Å². The molecule has 1 aliphatic heterocycles. The number of anilines is 1. The van der Waals surface area contributed by atoms with Crippen molar-refractivity contribution in [1.29, 1.82) is 0 Å². The standard InChI is InChI=1S/C17H21N3/c1-2-6-17(19-13-15-7-9-18-10-8-15)16(5-1)14-20-11-3-4-12-20/h1-2,5-10,19H,3-4,11-14H2. The molecule has 0 atom stereocenters. The number of aromatic nitrogens is 1. The first-order valence-corrected chi connectivity index (χ1v) is 7.35. The Balaban J connectivity index is 1.66. The van der Waals surface area contributed by atoms with Crippen molar-refractivity contribution >= 4 is 5.69 Å². The summed E-state index contributed by atoms with van der Waals surface area (Å²) in [6.45, 7) is 4.37. The third kappa shape index (κ3) is 3.36. The van der Waals surface area contributed by atoms with Gasteiger partial charge in [0.05, 0.1) is 0 Å². The smallest absolute Gasteiger partial charge is 0.0402 e. The summed E-state index contributed by atoms with van der Waals surface area (Å²) < 4.78 is 0. The highest BCUT2D eigenvalue weighted by atomic mass is 15.1. The van der Waals surface area contributed by atoms with E-state index in [1.165, 1.54) is 42.7 Å². The first-order chi connectivity index (χ1) is 9.92. The summed E-state index contributed by atoms with van der Waals surface area (Å²) in [5.74, 6) is 0. The highest BCUT2D eigenvalue weighted by Gasteiger charge is 2.13. The lowest BCUT2D eigenvalue weighted by atomic mass is 10.1. The molecule has 0 aliphatic carbocycles. The van der Waals surface area contributed by atoms with Crippen LogP contribution in [0, 0.1) is 0 Å². The molecule has 20 heavy (non-hydrogen) atoms. The predicted molar refractivity (Wildman–Crippen MR) is 82.5 cm³/mol. The lowest BCUT2D eigenvalue weighted by Crippen LogP contribution is -2.19. The van der Waals surface area contributed by atoms with Crippen LogP contribution < -0.4 is 5.32 Å². The second kappa shape index (κ2) is 6.53. The fourth-order valence-electron chi connectivity index (χ4n) is 2.71. The van der Waals surface area contributed by atoms with E-state index in [1.807, 2.05) is 12.4 Å². The summed E-state index contributed by atoms with van der Waals surface area (Å²) in [6.07, 6.45) is 6.36. The Labute approximate surface area is 120 Å². The Morgan fingerprint density at radius 3 is 2.55 bits per heavy atom. The summed E-state index contributed by atoms with van der Waals surface area (Å²) in [7, 11) is 0. The van der Waals surface area contributed by atoms with Crippen molar-refractivity contribution in [2.24, 2.45) is 0 Å². The van der Waals surface area contributed by atoms with Crippen molar-refractivity contribution in [1.82, 2.24) is 9.88 Å². The van der Waals surface area contributed by atoms with Crippen LogP contribution in [-0.4, -0.2) is 23.0 Å². The highest BCUT2D eigenvalue weighted by molar-refractivity contribution is 5.51. The van der Waals surface area contributed by atoms with Gasteiger partial charge in [0, 0.05) is 31.2 Å². The summed E-state index contributed by atoms with van der Waals surface area (Å²) in [6, 6.07) is 12.7. The van der Waals surface area contributed by atoms with Gasteiger partial charge in [0.25, 0.3) is 0 Å². The monoisotopic (exact) mass is 267 g/mol. The van der Waals surface area contributed by atoms with Crippen molar-refractivity contribution in [3.8, 4) is 0 Å². The van der Waals surface area contributed by atoms with Gasteiger partial charge in [0.2, 0.25) is 0 Å². The number of hydrogen-bond donors (Lipinski definition) is 1. The Kier molecular flexibility index (Phi) is 4.28. The minimum Gasteiger partial charge on any atom is -0.381 e. The molecule has 1 N–H and O–H groups in total. The van der Waals surface area contributed by atoms with E-state index in [0.717, 1.165) is 13.1 Å². The molecule has 0 bridgehead atoms. The molecular weight excluding hydrogens is 246 g/mol. The number of hydrogen-bond acceptors (Lipinski definition) is 3. The molecule has 1 saturated heterocycles. The maximum atomic E-state index is 4.05. The van der Waals surface area contributed by atoms with Gasteiger partial charge < -0.3 is 5.32 Å². The number of nitrogens with zero attached hydrogens (tertiary/aromatic N) is 2. The SMILES string of the molecule is c1ccc(NCc2ccncc2)c(CN2CCCC2)c1. The average Bonchev–Trinajstić information content (AvgIpc) is 3.00. The van der Waals surface area contributed by atoms with Gasteiger partial charge in [-0.05, 0) is 55.3 Å². The minimum atomic E-state index is 0.847.